The molecule has 0 radical (unpaired) electrons. The molecule has 2 N–H and O–H groups in total. The quantitative estimate of drug-likeness (QED) is 0.681. The molecule has 2 aromatic carbocycles. The Morgan fingerprint density at radius 1 is 1.13 bits per heavy atom. The fourth-order valence-electron chi connectivity index (χ4n) is 3.06. The van der Waals surface area contributed by atoms with E-state index in [2.05, 4.69) is 5.32 Å². The van der Waals surface area contributed by atoms with Crippen LogP contribution in [-0.2, 0) is 9.59 Å². The van der Waals surface area contributed by atoms with Gasteiger partial charge in [-0.25, -0.2) is 0 Å². The predicted octanol–water partition coefficient (Wildman–Crippen LogP) is 3.60. The molecule has 1 aliphatic rings. The molecule has 1 aliphatic heterocycles. The van der Waals surface area contributed by atoms with E-state index in [0.29, 0.717) is 29.3 Å². The first-order valence-electron chi connectivity index (χ1n) is 9.54. The average Bonchev–Trinajstić information content (AvgIpc) is 3.18. The smallest absolute Gasteiger partial charge is 0.247 e. The van der Waals surface area contributed by atoms with Crippen molar-refractivity contribution in [1.82, 2.24) is 5.32 Å². The number of fused-ring (bicyclic) bond motifs is 1. The van der Waals surface area contributed by atoms with Crippen LogP contribution in [0.3, 0.4) is 0 Å². The number of alkyl halides is 1. The van der Waals surface area contributed by atoms with Gasteiger partial charge in [-0.05, 0) is 35.2 Å². The molecule has 0 spiro atoms. The number of carbonyl (C=O) groups is 2. The van der Waals surface area contributed by atoms with Gasteiger partial charge in [0.05, 0.1) is 0 Å². The number of hydrogen-bond acceptors (Lipinski definition) is 5. The van der Waals surface area contributed by atoms with Gasteiger partial charge in [-0.2, -0.15) is 0 Å². The highest BCUT2D eigenvalue weighted by atomic mass is 35.5. The summed E-state index contributed by atoms with van der Waals surface area (Å²) in [5, 5.41) is 12.6. The lowest BCUT2D eigenvalue weighted by Gasteiger charge is -2.32. The zero-order chi connectivity index (χ0) is 21.9. The van der Waals surface area contributed by atoms with E-state index in [4.69, 9.17) is 21.1 Å². The highest BCUT2D eigenvalue weighted by Gasteiger charge is 2.33. The molecule has 0 fully saturated rings. The van der Waals surface area contributed by atoms with Gasteiger partial charge < -0.3 is 19.9 Å². The van der Waals surface area contributed by atoms with Crippen LogP contribution in [0.5, 0.6) is 17.2 Å². The first-order chi connectivity index (χ1) is 14.2. The second kappa shape index (κ2) is 8.83. The Kier molecular flexibility index (Phi) is 6.41. The number of anilines is 1. The summed E-state index contributed by atoms with van der Waals surface area (Å²) in [7, 11) is 0. The first-order valence-corrected chi connectivity index (χ1v) is 10.1. The summed E-state index contributed by atoms with van der Waals surface area (Å²) in [6.07, 6.45) is 0. The minimum atomic E-state index is -0.987. The van der Waals surface area contributed by atoms with E-state index in [1.807, 2.05) is 20.8 Å². The van der Waals surface area contributed by atoms with Crippen LogP contribution in [0.2, 0.25) is 0 Å². The van der Waals surface area contributed by atoms with Gasteiger partial charge in [0, 0.05) is 18.3 Å². The van der Waals surface area contributed by atoms with Crippen LogP contribution in [-0.4, -0.2) is 36.1 Å². The van der Waals surface area contributed by atoms with Crippen LogP contribution in [0.25, 0.3) is 0 Å². The van der Waals surface area contributed by atoms with Crippen LogP contribution in [0.15, 0.2) is 42.5 Å². The van der Waals surface area contributed by atoms with Crippen LogP contribution in [0, 0.1) is 5.41 Å². The molecule has 2 aromatic rings. The molecule has 0 aromatic heterocycles. The third-order valence-electron chi connectivity index (χ3n) is 4.53. The van der Waals surface area contributed by atoms with E-state index in [-0.39, 0.29) is 29.7 Å². The Bertz CT molecular complexity index is 924. The number of nitrogens with zero attached hydrogens (tertiary/aromatic N) is 1. The van der Waals surface area contributed by atoms with Crippen LogP contribution >= 0.6 is 11.6 Å². The molecule has 0 bridgehead atoms. The number of halogens is 1. The Morgan fingerprint density at radius 3 is 2.43 bits per heavy atom. The lowest BCUT2D eigenvalue weighted by molar-refractivity contribution is -0.126. The maximum atomic E-state index is 13.3. The number of phenols is 1. The number of nitrogens with one attached hydrogen (secondary N) is 1. The third kappa shape index (κ3) is 4.97. The molecular weight excluding hydrogens is 408 g/mol. The van der Waals surface area contributed by atoms with Crippen LogP contribution in [0.4, 0.5) is 5.69 Å². The van der Waals surface area contributed by atoms with Crippen LogP contribution in [0.1, 0.15) is 32.4 Å². The van der Waals surface area contributed by atoms with Gasteiger partial charge in [0.25, 0.3) is 0 Å². The molecule has 2 amide bonds. The molecule has 8 heteroatoms. The van der Waals surface area contributed by atoms with E-state index in [9.17, 15) is 14.7 Å². The summed E-state index contributed by atoms with van der Waals surface area (Å²) in [6, 6.07) is 10.2. The Morgan fingerprint density at radius 2 is 1.80 bits per heavy atom. The molecule has 7 nitrogen and oxygen atoms in total. The minimum absolute atomic E-state index is 0.0610. The van der Waals surface area contributed by atoms with Gasteiger partial charge in [0.2, 0.25) is 18.6 Å². The minimum Gasteiger partial charge on any atom is -0.508 e. The molecule has 0 saturated carbocycles. The Labute approximate surface area is 180 Å². The second-order valence-electron chi connectivity index (χ2n) is 8.21. The molecule has 1 unspecified atom stereocenters. The zero-order valence-electron chi connectivity index (χ0n) is 17.1. The summed E-state index contributed by atoms with van der Waals surface area (Å²) in [6.45, 7) is 6.52. The first kappa shape index (κ1) is 21.8. The molecule has 1 atom stereocenters. The highest BCUT2D eigenvalue weighted by Crippen LogP contribution is 2.38. The topological polar surface area (TPSA) is 88.1 Å². The van der Waals surface area contributed by atoms with Crippen molar-refractivity contribution in [2.45, 2.75) is 26.8 Å². The van der Waals surface area contributed by atoms with Gasteiger partial charge in [-0.15, -0.1) is 11.6 Å². The van der Waals surface area contributed by atoms with Crippen molar-refractivity contribution in [3.63, 3.8) is 0 Å². The molecule has 0 saturated heterocycles. The number of ether oxygens (including phenoxy) is 2. The summed E-state index contributed by atoms with van der Waals surface area (Å²) >= 11 is 5.91. The zero-order valence-corrected chi connectivity index (χ0v) is 17.9. The van der Waals surface area contributed by atoms with Crippen molar-refractivity contribution in [1.29, 1.82) is 0 Å². The van der Waals surface area contributed by atoms with E-state index < -0.39 is 11.9 Å². The molecular formula is C22H25ClN2O5. The molecule has 160 valence electrons. The van der Waals surface area contributed by atoms with E-state index in [0.717, 1.165) is 0 Å². The molecule has 0 aliphatic carbocycles. The summed E-state index contributed by atoms with van der Waals surface area (Å²) in [5.74, 6) is 0.00208. The summed E-state index contributed by atoms with van der Waals surface area (Å²) in [4.78, 5) is 27.5. The van der Waals surface area contributed by atoms with E-state index >= 15 is 0 Å². The molecule has 3 rings (SSSR count). The van der Waals surface area contributed by atoms with Gasteiger partial charge in [0.1, 0.15) is 17.7 Å². The fraction of sp³-hybridized carbons (Fsp3) is 0.364. The van der Waals surface area contributed by atoms with Gasteiger partial charge >= 0.3 is 0 Å². The van der Waals surface area contributed by atoms with Crippen molar-refractivity contribution in [2.75, 3.05) is 24.1 Å². The summed E-state index contributed by atoms with van der Waals surface area (Å²) in [5.41, 5.74) is 0.846. The second-order valence-corrected chi connectivity index (χ2v) is 8.47. The maximum absolute atomic E-state index is 13.3. The van der Waals surface area contributed by atoms with Crippen molar-refractivity contribution in [3.8, 4) is 17.2 Å². The SMILES string of the molecule is CC(C)(C)CNC(=O)C(c1ccc(O)cc1)N(C(=O)CCl)c1ccc2c(c1)OCO2. The number of carbonyl (C=O) groups excluding carboxylic acids is 2. The average molecular weight is 433 g/mol. The number of hydrogen-bond donors (Lipinski definition) is 2. The van der Waals surface area contributed by atoms with Crippen molar-refractivity contribution < 1.29 is 24.2 Å². The maximum Gasteiger partial charge on any atom is 0.247 e. The van der Waals surface area contributed by atoms with E-state index in [1.165, 1.54) is 17.0 Å². The van der Waals surface area contributed by atoms with Crippen molar-refractivity contribution in [2.24, 2.45) is 5.41 Å². The lowest BCUT2D eigenvalue weighted by Crippen LogP contribution is -2.46. The van der Waals surface area contributed by atoms with Crippen LogP contribution < -0.4 is 19.7 Å². The number of benzene rings is 2. The van der Waals surface area contributed by atoms with E-state index in [1.54, 1.807) is 30.3 Å². The van der Waals surface area contributed by atoms with Crippen molar-refractivity contribution in [3.05, 3.63) is 48.0 Å². The predicted molar refractivity (Wildman–Crippen MR) is 114 cm³/mol. The highest BCUT2D eigenvalue weighted by molar-refractivity contribution is 6.29. The number of phenolic OH excluding ortho intramolecular Hbond substituents is 1. The standard InChI is InChI=1S/C22H25ClN2O5/c1-22(2,3)12-24-21(28)20(14-4-7-16(26)8-5-14)25(19(27)11-23)15-6-9-17-18(10-15)30-13-29-17/h4-10,20,26H,11-13H2,1-3H3,(H,24,28). The Balaban J connectivity index is 2.05. The fourth-order valence-corrected chi connectivity index (χ4v) is 3.19. The monoisotopic (exact) mass is 432 g/mol. The molecule has 30 heavy (non-hydrogen) atoms. The third-order valence-corrected chi connectivity index (χ3v) is 4.75. The largest absolute Gasteiger partial charge is 0.508 e. The Hall–Kier alpha value is -2.93. The normalized spacial score (nSPS) is 13.6. The molecule has 1 heterocycles. The van der Waals surface area contributed by atoms with Gasteiger partial charge in [-0.3, -0.25) is 14.5 Å². The van der Waals surface area contributed by atoms with Gasteiger partial charge in [-0.1, -0.05) is 32.9 Å². The number of amides is 2. The van der Waals surface area contributed by atoms with Crippen molar-refractivity contribution >= 4 is 29.1 Å². The van der Waals surface area contributed by atoms with Gasteiger partial charge in [0.15, 0.2) is 11.5 Å². The number of aromatic hydroxyl groups is 1. The summed E-state index contributed by atoms with van der Waals surface area (Å²) < 4.78 is 10.8. The lowest BCUT2D eigenvalue weighted by atomic mass is 9.96. The number of rotatable bonds is 6.